The van der Waals surface area contributed by atoms with Crippen LogP contribution in [0.25, 0.3) is 10.9 Å². The number of H-pyrrole nitrogens is 1. The Bertz CT molecular complexity index is 791. The van der Waals surface area contributed by atoms with Crippen molar-refractivity contribution >= 4 is 22.5 Å². The van der Waals surface area contributed by atoms with Crippen LogP contribution < -0.4 is 11.1 Å². The lowest BCUT2D eigenvalue weighted by Crippen LogP contribution is -2.23. The van der Waals surface area contributed by atoms with Crippen molar-refractivity contribution in [1.29, 1.82) is 0 Å². The van der Waals surface area contributed by atoms with E-state index in [4.69, 9.17) is 5.73 Å². The Morgan fingerprint density at radius 2 is 2.19 bits per heavy atom. The van der Waals surface area contributed by atoms with E-state index in [-0.39, 0.29) is 5.91 Å². The third-order valence-electron chi connectivity index (χ3n) is 3.21. The van der Waals surface area contributed by atoms with Crippen molar-refractivity contribution in [3.05, 3.63) is 53.7 Å². The Morgan fingerprint density at radius 1 is 1.33 bits per heavy atom. The maximum Gasteiger partial charge on any atom is 0.253 e. The number of nitrogens with zero attached hydrogens (tertiary/aromatic N) is 2. The molecule has 0 saturated carbocycles. The quantitative estimate of drug-likeness (QED) is 0.637. The molecule has 3 rings (SSSR count). The molecule has 6 nitrogen and oxygen atoms in total. The lowest BCUT2D eigenvalue weighted by Gasteiger charge is -2.04. The highest BCUT2D eigenvalue weighted by Crippen LogP contribution is 2.20. The van der Waals surface area contributed by atoms with Crippen molar-refractivity contribution in [1.82, 2.24) is 20.3 Å². The third-order valence-corrected chi connectivity index (χ3v) is 3.21. The van der Waals surface area contributed by atoms with Gasteiger partial charge in [-0.2, -0.15) is 0 Å². The van der Waals surface area contributed by atoms with Crippen LogP contribution in [0.15, 0.2) is 36.8 Å². The van der Waals surface area contributed by atoms with Gasteiger partial charge in [-0.15, -0.1) is 0 Å². The predicted molar refractivity (Wildman–Crippen MR) is 80.7 cm³/mol. The third kappa shape index (κ3) is 2.69. The molecule has 0 aliphatic rings. The highest BCUT2D eigenvalue weighted by molar-refractivity contribution is 6.07. The van der Waals surface area contributed by atoms with Gasteiger partial charge in [0.1, 0.15) is 0 Å². The summed E-state index contributed by atoms with van der Waals surface area (Å²) in [6.45, 7) is 2.20. The topological polar surface area (TPSA) is 96.7 Å². The minimum Gasteiger partial charge on any atom is -0.399 e. The molecule has 2 heterocycles. The number of fused-ring (bicyclic) bond motifs is 1. The molecule has 0 bridgehead atoms. The van der Waals surface area contributed by atoms with E-state index < -0.39 is 0 Å². The molecular formula is C15H15N5O. The Balaban J connectivity index is 1.78. The summed E-state index contributed by atoms with van der Waals surface area (Å²) in [6.07, 6.45) is 5.01. The average Bonchev–Trinajstić information content (AvgIpc) is 2.89. The monoisotopic (exact) mass is 281 g/mol. The molecule has 0 saturated heterocycles. The van der Waals surface area contributed by atoms with Crippen molar-refractivity contribution in [3.8, 4) is 0 Å². The van der Waals surface area contributed by atoms with E-state index in [0.29, 0.717) is 23.5 Å². The van der Waals surface area contributed by atoms with E-state index in [1.807, 2.05) is 13.0 Å². The normalized spacial score (nSPS) is 10.7. The number of aryl methyl sites for hydroxylation is 1. The Labute approximate surface area is 121 Å². The van der Waals surface area contributed by atoms with Crippen LogP contribution in [0.3, 0.4) is 0 Å². The molecule has 4 N–H and O–H groups in total. The largest absolute Gasteiger partial charge is 0.399 e. The van der Waals surface area contributed by atoms with Gasteiger partial charge >= 0.3 is 0 Å². The Morgan fingerprint density at radius 3 is 2.95 bits per heavy atom. The number of hydrogen-bond donors (Lipinski definition) is 3. The Hall–Kier alpha value is -2.89. The number of anilines is 1. The van der Waals surface area contributed by atoms with E-state index in [2.05, 4.69) is 20.3 Å². The number of nitrogens with two attached hydrogens (primary N) is 1. The maximum atomic E-state index is 12.3. The molecule has 0 aliphatic carbocycles. The van der Waals surface area contributed by atoms with Crippen molar-refractivity contribution in [2.75, 3.05) is 5.73 Å². The van der Waals surface area contributed by atoms with E-state index in [0.717, 1.165) is 16.6 Å². The molecule has 0 atom stereocenters. The number of amides is 1. The molecule has 0 radical (unpaired) electrons. The standard InChI is InChI=1S/C15H15N5O/c1-9-5-18-11(6-17-9)7-20-15(21)13-8-19-14-3-2-10(16)4-12(13)14/h2-6,8,19H,7,16H2,1H3,(H,20,21). The minimum atomic E-state index is -0.172. The van der Waals surface area contributed by atoms with Crippen molar-refractivity contribution in [3.63, 3.8) is 0 Å². The van der Waals surface area contributed by atoms with Crippen molar-refractivity contribution in [2.24, 2.45) is 0 Å². The number of rotatable bonds is 3. The summed E-state index contributed by atoms with van der Waals surface area (Å²) in [6, 6.07) is 5.43. The summed E-state index contributed by atoms with van der Waals surface area (Å²) in [5, 5.41) is 3.64. The molecule has 0 unspecified atom stereocenters. The van der Waals surface area contributed by atoms with Gasteiger partial charge in [0.25, 0.3) is 5.91 Å². The second-order valence-electron chi connectivity index (χ2n) is 4.84. The van der Waals surface area contributed by atoms with Gasteiger partial charge in [0.15, 0.2) is 0 Å². The van der Waals surface area contributed by atoms with Gasteiger partial charge in [-0.25, -0.2) is 0 Å². The van der Waals surface area contributed by atoms with Crippen LogP contribution in [0.4, 0.5) is 5.69 Å². The van der Waals surface area contributed by atoms with Crippen LogP contribution >= 0.6 is 0 Å². The van der Waals surface area contributed by atoms with E-state index in [1.165, 1.54) is 0 Å². The minimum absolute atomic E-state index is 0.172. The molecular weight excluding hydrogens is 266 g/mol. The summed E-state index contributed by atoms with van der Waals surface area (Å²) >= 11 is 0. The van der Waals surface area contributed by atoms with Crippen LogP contribution in [0.5, 0.6) is 0 Å². The van der Waals surface area contributed by atoms with Crippen LogP contribution in [0, 0.1) is 6.92 Å². The first-order valence-electron chi connectivity index (χ1n) is 6.56. The van der Waals surface area contributed by atoms with Gasteiger partial charge < -0.3 is 16.0 Å². The SMILES string of the molecule is Cc1cnc(CNC(=O)c2c[nH]c3ccc(N)cc23)cn1. The van der Waals surface area contributed by atoms with Gasteiger partial charge in [-0.1, -0.05) is 0 Å². The van der Waals surface area contributed by atoms with Gasteiger partial charge in [0.2, 0.25) is 0 Å². The van der Waals surface area contributed by atoms with Crippen LogP contribution in [0.1, 0.15) is 21.7 Å². The lowest BCUT2D eigenvalue weighted by atomic mass is 10.1. The lowest BCUT2D eigenvalue weighted by molar-refractivity contribution is 0.0952. The van der Waals surface area contributed by atoms with Crippen LogP contribution in [-0.2, 0) is 6.54 Å². The second-order valence-corrected chi connectivity index (χ2v) is 4.84. The number of nitrogen functional groups attached to an aromatic ring is 1. The first-order chi connectivity index (χ1) is 10.1. The zero-order valence-electron chi connectivity index (χ0n) is 11.6. The fourth-order valence-corrected chi connectivity index (χ4v) is 2.10. The predicted octanol–water partition coefficient (Wildman–Crippen LogP) is 1.78. The fraction of sp³-hybridized carbons (Fsp3) is 0.133. The zero-order chi connectivity index (χ0) is 14.8. The number of benzene rings is 1. The summed E-state index contributed by atoms with van der Waals surface area (Å²) < 4.78 is 0. The van der Waals surface area contributed by atoms with Gasteiger partial charge in [0, 0.05) is 29.0 Å². The summed E-state index contributed by atoms with van der Waals surface area (Å²) in [7, 11) is 0. The van der Waals surface area contributed by atoms with Crippen LogP contribution in [0.2, 0.25) is 0 Å². The Kier molecular flexibility index (Phi) is 3.27. The number of aromatic amines is 1. The zero-order valence-corrected chi connectivity index (χ0v) is 11.6. The molecule has 1 aromatic carbocycles. The number of carbonyl (C=O) groups excluding carboxylic acids is 1. The molecule has 1 amide bonds. The molecule has 0 fully saturated rings. The van der Waals surface area contributed by atoms with Gasteiger partial charge in [0.05, 0.1) is 29.7 Å². The van der Waals surface area contributed by atoms with E-state index in [9.17, 15) is 4.79 Å². The molecule has 3 aromatic rings. The summed E-state index contributed by atoms with van der Waals surface area (Å²) in [5.41, 5.74) is 9.40. The number of hydrogen-bond acceptors (Lipinski definition) is 4. The molecule has 21 heavy (non-hydrogen) atoms. The van der Waals surface area contributed by atoms with Crippen molar-refractivity contribution in [2.45, 2.75) is 13.5 Å². The smallest absolute Gasteiger partial charge is 0.253 e. The van der Waals surface area contributed by atoms with Gasteiger partial charge in [-0.05, 0) is 25.1 Å². The number of carbonyl (C=O) groups is 1. The second kappa shape index (κ2) is 5.24. The van der Waals surface area contributed by atoms with E-state index >= 15 is 0 Å². The van der Waals surface area contributed by atoms with Gasteiger partial charge in [-0.3, -0.25) is 14.8 Å². The maximum absolute atomic E-state index is 12.3. The first kappa shape index (κ1) is 13.1. The van der Waals surface area contributed by atoms with Crippen LogP contribution in [-0.4, -0.2) is 20.9 Å². The average molecular weight is 281 g/mol. The number of nitrogens with one attached hydrogen (secondary N) is 2. The summed E-state index contributed by atoms with van der Waals surface area (Å²) in [5.74, 6) is -0.172. The molecule has 106 valence electrons. The fourth-order valence-electron chi connectivity index (χ4n) is 2.10. The summed E-state index contributed by atoms with van der Waals surface area (Å²) in [4.78, 5) is 23.7. The van der Waals surface area contributed by atoms with Crippen molar-refractivity contribution < 1.29 is 4.79 Å². The highest BCUT2D eigenvalue weighted by Gasteiger charge is 2.12. The van der Waals surface area contributed by atoms with E-state index in [1.54, 1.807) is 30.7 Å². The molecule has 6 heteroatoms. The molecule has 0 spiro atoms. The molecule has 0 aliphatic heterocycles. The highest BCUT2D eigenvalue weighted by atomic mass is 16.1. The first-order valence-corrected chi connectivity index (χ1v) is 6.56. The molecule has 2 aromatic heterocycles. The number of aromatic nitrogens is 3.